The molecule has 28 heavy (non-hydrogen) atoms. The van der Waals surface area contributed by atoms with E-state index in [1.54, 1.807) is 41.3 Å². The van der Waals surface area contributed by atoms with Crippen LogP contribution in [0.1, 0.15) is 5.56 Å². The quantitative estimate of drug-likeness (QED) is 0.448. The van der Waals surface area contributed by atoms with E-state index < -0.39 is 5.72 Å². The van der Waals surface area contributed by atoms with Crippen molar-refractivity contribution in [2.24, 2.45) is 0 Å². The first-order valence-corrected chi connectivity index (χ1v) is 10.5. The number of anilines is 2. The summed E-state index contributed by atoms with van der Waals surface area (Å²) in [5.41, 5.74) is 0.280. The van der Waals surface area contributed by atoms with E-state index in [2.05, 4.69) is 31.9 Å². The predicted molar refractivity (Wildman–Crippen MR) is 119 cm³/mol. The van der Waals surface area contributed by atoms with E-state index in [0.29, 0.717) is 22.0 Å². The molecular weight excluding hydrogens is 508 g/mol. The first-order valence-electron chi connectivity index (χ1n) is 8.50. The van der Waals surface area contributed by atoms with Gasteiger partial charge in [0.05, 0.1) is 6.54 Å². The Kier molecular flexibility index (Phi) is 5.22. The molecule has 1 aliphatic rings. The number of hydrogen-bond acceptors (Lipinski definition) is 2. The van der Waals surface area contributed by atoms with Crippen molar-refractivity contribution in [3.63, 3.8) is 0 Å². The maximum atomic E-state index is 13.4. The fraction of sp³-hybridized carbons (Fsp3) is 0.0952. The van der Waals surface area contributed by atoms with Gasteiger partial charge < -0.3 is 5.11 Å². The third-order valence-corrected chi connectivity index (χ3v) is 5.97. The molecule has 3 aromatic rings. The van der Waals surface area contributed by atoms with Gasteiger partial charge in [-0.25, -0.2) is 4.79 Å². The van der Waals surface area contributed by atoms with Gasteiger partial charge in [-0.15, -0.1) is 0 Å². The molecule has 1 fully saturated rings. The van der Waals surface area contributed by atoms with Gasteiger partial charge in [0.15, 0.2) is 5.72 Å². The van der Waals surface area contributed by atoms with E-state index >= 15 is 0 Å². The van der Waals surface area contributed by atoms with Crippen molar-refractivity contribution in [2.45, 2.75) is 5.72 Å². The highest BCUT2D eigenvalue weighted by molar-refractivity contribution is 9.10. The Morgan fingerprint density at radius 1 is 0.893 bits per heavy atom. The topological polar surface area (TPSA) is 43.8 Å². The van der Waals surface area contributed by atoms with Crippen LogP contribution in [0.15, 0.2) is 81.7 Å². The molecule has 0 radical (unpaired) electrons. The smallest absolute Gasteiger partial charge is 0.331 e. The minimum absolute atomic E-state index is 0.0733. The zero-order chi connectivity index (χ0) is 19.9. The molecule has 1 aliphatic heterocycles. The van der Waals surface area contributed by atoms with Crippen molar-refractivity contribution in [3.8, 4) is 0 Å². The van der Waals surface area contributed by atoms with Crippen LogP contribution in [0.5, 0.6) is 0 Å². The van der Waals surface area contributed by atoms with Crippen molar-refractivity contribution in [2.75, 3.05) is 16.3 Å². The molecule has 4 rings (SSSR count). The van der Waals surface area contributed by atoms with Gasteiger partial charge in [-0.2, -0.15) is 0 Å². The summed E-state index contributed by atoms with van der Waals surface area (Å²) >= 11 is 13.0. The molecule has 2 amide bonds. The summed E-state index contributed by atoms with van der Waals surface area (Å²) in [6, 6.07) is 21.3. The lowest BCUT2D eigenvalue weighted by molar-refractivity contribution is 0.0655. The number of nitrogens with zero attached hydrogens (tertiary/aromatic N) is 2. The SMILES string of the molecule is O=C1N(c2ccc(Br)cc2)CC(O)(c2cccc(Cl)c2)N1c1ccc(Br)cc1. The number of benzene rings is 3. The van der Waals surface area contributed by atoms with Crippen LogP contribution in [-0.4, -0.2) is 17.7 Å². The van der Waals surface area contributed by atoms with Crippen molar-refractivity contribution >= 4 is 60.9 Å². The summed E-state index contributed by atoms with van der Waals surface area (Å²) in [5.74, 6) is 0. The molecule has 1 heterocycles. The molecule has 1 saturated heterocycles. The van der Waals surface area contributed by atoms with E-state index in [-0.39, 0.29) is 12.6 Å². The Balaban J connectivity index is 1.84. The van der Waals surface area contributed by atoms with Gasteiger partial charge in [0.25, 0.3) is 0 Å². The Labute approximate surface area is 184 Å². The molecule has 0 bridgehead atoms. The second-order valence-electron chi connectivity index (χ2n) is 6.48. The maximum absolute atomic E-state index is 13.4. The molecule has 1 atom stereocenters. The fourth-order valence-corrected chi connectivity index (χ4v) is 4.05. The second-order valence-corrected chi connectivity index (χ2v) is 8.75. The molecule has 0 spiro atoms. The lowest BCUT2D eigenvalue weighted by Gasteiger charge is -2.32. The zero-order valence-corrected chi connectivity index (χ0v) is 18.4. The van der Waals surface area contributed by atoms with E-state index in [9.17, 15) is 9.90 Å². The number of halogens is 3. The van der Waals surface area contributed by atoms with Gasteiger partial charge in [-0.1, -0.05) is 55.6 Å². The van der Waals surface area contributed by atoms with Crippen molar-refractivity contribution in [1.29, 1.82) is 0 Å². The summed E-state index contributed by atoms with van der Waals surface area (Å²) in [5, 5.41) is 12.2. The summed E-state index contributed by atoms with van der Waals surface area (Å²) in [6.45, 7) is 0.0733. The average molecular weight is 523 g/mol. The number of β-amino-alcohol motifs (C(OH)–C–C–N with tert-alkyl or cyclic N) is 1. The normalized spacial score (nSPS) is 19.4. The van der Waals surface area contributed by atoms with Gasteiger partial charge in [0.2, 0.25) is 0 Å². The van der Waals surface area contributed by atoms with Crippen LogP contribution in [0.3, 0.4) is 0 Å². The molecule has 0 aliphatic carbocycles. The number of hydrogen-bond donors (Lipinski definition) is 1. The Morgan fingerprint density at radius 3 is 2.04 bits per heavy atom. The zero-order valence-electron chi connectivity index (χ0n) is 14.5. The van der Waals surface area contributed by atoms with Gasteiger partial charge >= 0.3 is 6.03 Å². The number of rotatable bonds is 3. The predicted octanol–water partition coefficient (Wildman–Crippen LogP) is 6.16. The number of carbonyl (C=O) groups is 1. The molecule has 0 saturated carbocycles. The number of urea groups is 1. The summed E-state index contributed by atoms with van der Waals surface area (Å²) in [7, 11) is 0. The van der Waals surface area contributed by atoms with Crippen LogP contribution >= 0.6 is 43.5 Å². The molecule has 1 N–H and O–H groups in total. The van der Waals surface area contributed by atoms with Crippen LogP contribution in [0.4, 0.5) is 16.2 Å². The van der Waals surface area contributed by atoms with Crippen LogP contribution in [0.25, 0.3) is 0 Å². The first-order chi connectivity index (χ1) is 13.4. The van der Waals surface area contributed by atoms with Crippen LogP contribution in [0.2, 0.25) is 5.02 Å². The van der Waals surface area contributed by atoms with Crippen LogP contribution < -0.4 is 9.80 Å². The fourth-order valence-electron chi connectivity index (χ4n) is 3.33. The molecule has 142 valence electrons. The highest BCUT2D eigenvalue weighted by Crippen LogP contribution is 2.41. The minimum Gasteiger partial charge on any atom is -0.365 e. The third-order valence-electron chi connectivity index (χ3n) is 4.68. The lowest BCUT2D eigenvalue weighted by Crippen LogP contribution is -2.44. The van der Waals surface area contributed by atoms with Crippen molar-refractivity contribution in [1.82, 2.24) is 0 Å². The minimum atomic E-state index is -1.57. The van der Waals surface area contributed by atoms with Crippen LogP contribution in [-0.2, 0) is 5.72 Å². The van der Waals surface area contributed by atoms with E-state index in [4.69, 9.17) is 11.6 Å². The largest absolute Gasteiger partial charge is 0.365 e. The average Bonchev–Trinajstić information content (AvgIpc) is 2.95. The van der Waals surface area contributed by atoms with E-state index in [1.165, 1.54) is 4.90 Å². The van der Waals surface area contributed by atoms with Crippen molar-refractivity contribution in [3.05, 3.63) is 92.3 Å². The molecule has 1 unspecified atom stereocenters. The van der Waals surface area contributed by atoms with Gasteiger partial charge in [-0.3, -0.25) is 9.80 Å². The summed E-state index contributed by atoms with van der Waals surface area (Å²) in [6.07, 6.45) is 0. The summed E-state index contributed by atoms with van der Waals surface area (Å²) in [4.78, 5) is 16.4. The highest BCUT2D eigenvalue weighted by atomic mass is 79.9. The maximum Gasteiger partial charge on any atom is 0.331 e. The molecular formula is C21H15Br2ClN2O2. The molecule has 7 heteroatoms. The number of carbonyl (C=O) groups excluding carboxylic acids is 1. The number of aliphatic hydroxyl groups is 1. The van der Waals surface area contributed by atoms with Gasteiger partial charge in [0, 0.05) is 30.9 Å². The van der Waals surface area contributed by atoms with Gasteiger partial charge in [0.1, 0.15) is 0 Å². The summed E-state index contributed by atoms with van der Waals surface area (Å²) < 4.78 is 1.80. The number of amides is 2. The van der Waals surface area contributed by atoms with E-state index in [0.717, 1.165) is 8.95 Å². The van der Waals surface area contributed by atoms with Crippen molar-refractivity contribution < 1.29 is 9.90 Å². The van der Waals surface area contributed by atoms with Crippen LogP contribution in [0, 0.1) is 0 Å². The standard InChI is InChI=1S/C21H15Br2ClN2O2/c22-15-4-8-18(9-5-15)25-13-21(28,14-2-1-3-17(24)12-14)26(20(25)27)19-10-6-16(23)7-11-19/h1-12,28H,13H2. The Morgan fingerprint density at radius 2 is 1.46 bits per heavy atom. The second kappa shape index (κ2) is 7.52. The Bertz CT molecular complexity index is 1030. The Hall–Kier alpha value is -1.86. The third kappa shape index (κ3) is 3.46. The molecule has 3 aromatic carbocycles. The molecule has 0 aromatic heterocycles. The first kappa shape index (κ1) is 19.5. The lowest BCUT2D eigenvalue weighted by atomic mass is 10.0. The molecule has 4 nitrogen and oxygen atoms in total. The van der Waals surface area contributed by atoms with Gasteiger partial charge in [-0.05, 0) is 60.7 Å². The monoisotopic (exact) mass is 520 g/mol. The highest BCUT2D eigenvalue weighted by Gasteiger charge is 2.51. The van der Waals surface area contributed by atoms with E-state index in [1.807, 2.05) is 36.4 Å².